The van der Waals surface area contributed by atoms with Crippen LogP contribution in [-0.2, 0) is 9.53 Å². The Morgan fingerprint density at radius 3 is 3.14 bits per heavy atom. The molecule has 2 heteroatoms. The highest BCUT2D eigenvalue weighted by Gasteiger charge is 2.81. The first-order valence-corrected chi connectivity index (χ1v) is 5.33. The summed E-state index contributed by atoms with van der Waals surface area (Å²) in [6.07, 6.45) is 12.1. The van der Waals surface area contributed by atoms with Gasteiger partial charge in [-0.05, 0) is 25.3 Å². The molecule has 1 unspecified atom stereocenters. The zero-order valence-corrected chi connectivity index (χ0v) is 7.90. The molecular formula is C12H12O2. The van der Waals surface area contributed by atoms with E-state index in [1.807, 2.05) is 0 Å². The number of ether oxygens (including phenoxy) is 1. The Morgan fingerprint density at radius 1 is 1.36 bits per heavy atom. The van der Waals surface area contributed by atoms with E-state index in [0.717, 1.165) is 19.3 Å². The lowest BCUT2D eigenvalue weighted by atomic mass is 9.76. The van der Waals surface area contributed by atoms with E-state index in [-0.39, 0.29) is 28.8 Å². The molecule has 4 atom stereocenters. The lowest BCUT2D eigenvalue weighted by Crippen LogP contribution is -2.31. The molecule has 1 heterocycles. The van der Waals surface area contributed by atoms with Gasteiger partial charge in [0.1, 0.15) is 6.10 Å². The Morgan fingerprint density at radius 2 is 2.21 bits per heavy atom. The molecule has 2 fully saturated rings. The molecule has 3 aliphatic carbocycles. The smallest absolute Gasteiger partial charge is 0.311 e. The molecule has 2 bridgehead atoms. The Bertz CT molecular complexity index is 395. The fraction of sp³-hybridized carbons (Fsp3) is 0.583. The molecule has 14 heavy (non-hydrogen) atoms. The highest BCUT2D eigenvalue weighted by atomic mass is 16.5. The van der Waals surface area contributed by atoms with Crippen LogP contribution in [-0.4, -0.2) is 12.1 Å². The standard InChI is InChI=1S/C12H12O2/c13-10-9-11-4-1-2-5-12(9,11)7-8(14-10)3-6-11/h1-3,6,8-9H,4-5,7H2/t8-,9?,11-,12+/m0/s1. The van der Waals surface area contributed by atoms with E-state index in [9.17, 15) is 4.79 Å². The summed E-state index contributed by atoms with van der Waals surface area (Å²) in [7, 11) is 0. The normalized spacial score (nSPS) is 56.4. The maximum atomic E-state index is 11.8. The van der Waals surface area contributed by atoms with Crippen LogP contribution in [0.2, 0.25) is 0 Å². The summed E-state index contributed by atoms with van der Waals surface area (Å²) in [6, 6.07) is 0. The minimum atomic E-state index is 0.0509. The van der Waals surface area contributed by atoms with Crippen LogP contribution in [0.4, 0.5) is 0 Å². The maximum absolute atomic E-state index is 11.8. The molecule has 1 saturated heterocycles. The summed E-state index contributed by atoms with van der Waals surface area (Å²) in [6.45, 7) is 0. The third-order valence-electron chi connectivity index (χ3n) is 4.69. The molecule has 0 aromatic carbocycles. The lowest BCUT2D eigenvalue weighted by molar-refractivity contribution is -0.154. The quantitative estimate of drug-likeness (QED) is 0.428. The predicted octanol–water partition coefficient (Wildman–Crippen LogP) is 1.82. The largest absolute Gasteiger partial charge is 0.458 e. The fourth-order valence-electron chi connectivity index (χ4n) is 4.06. The number of carbonyl (C=O) groups is 1. The number of hydrogen-bond acceptors (Lipinski definition) is 2. The summed E-state index contributed by atoms with van der Waals surface area (Å²) in [4.78, 5) is 11.8. The molecule has 72 valence electrons. The van der Waals surface area contributed by atoms with Gasteiger partial charge in [-0.3, -0.25) is 4.79 Å². The third kappa shape index (κ3) is 0.513. The van der Waals surface area contributed by atoms with Crippen LogP contribution in [0.25, 0.3) is 0 Å². The van der Waals surface area contributed by atoms with E-state index in [1.165, 1.54) is 0 Å². The highest BCUT2D eigenvalue weighted by Crippen LogP contribution is 2.80. The first kappa shape index (κ1) is 7.27. The predicted molar refractivity (Wildman–Crippen MR) is 50.4 cm³/mol. The Hall–Kier alpha value is -1.05. The highest BCUT2D eigenvalue weighted by molar-refractivity contribution is 5.83. The topological polar surface area (TPSA) is 26.3 Å². The van der Waals surface area contributed by atoms with Crippen LogP contribution in [0.1, 0.15) is 19.3 Å². The zero-order chi connectivity index (χ0) is 9.39. The van der Waals surface area contributed by atoms with Crippen molar-refractivity contribution in [2.75, 3.05) is 0 Å². The van der Waals surface area contributed by atoms with Crippen molar-refractivity contribution in [2.45, 2.75) is 25.4 Å². The van der Waals surface area contributed by atoms with E-state index >= 15 is 0 Å². The Balaban J connectivity index is 1.94. The summed E-state index contributed by atoms with van der Waals surface area (Å²) in [5, 5.41) is 0. The van der Waals surface area contributed by atoms with E-state index in [1.54, 1.807) is 0 Å². The van der Waals surface area contributed by atoms with Crippen LogP contribution < -0.4 is 0 Å². The van der Waals surface area contributed by atoms with Crippen LogP contribution in [0.3, 0.4) is 0 Å². The van der Waals surface area contributed by atoms with Gasteiger partial charge in [-0.2, -0.15) is 0 Å². The summed E-state index contributed by atoms with van der Waals surface area (Å²) in [5.74, 6) is 0.218. The molecule has 4 rings (SSSR count). The molecule has 0 radical (unpaired) electrons. The van der Waals surface area contributed by atoms with Crippen molar-refractivity contribution in [3.8, 4) is 0 Å². The summed E-state index contributed by atoms with van der Waals surface area (Å²) >= 11 is 0. The SMILES string of the molecule is O=C1O[C@H]2C=C[C@]34CC=CC[C@@]3(C2)C14. The Kier molecular flexibility index (Phi) is 0.952. The van der Waals surface area contributed by atoms with Crippen molar-refractivity contribution in [3.63, 3.8) is 0 Å². The second-order valence-corrected chi connectivity index (χ2v) is 5.05. The molecule has 4 aliphatic rings. The van der Waals surface area contributed by atoms with Gasteiger partial charge in [0, 0.05) is 10.8 Å². The molecule has 0 aromatic heterocycles. The number of esters is 1. The molecule has 2 nitrogen and oxygen atoms in total. The summed E-state index contributed by atoms with van der Waals surface area (Å²) in [5.41, 5.74) is 0.419. The van der Waals surface area contributed by atoms with Crippen LogP contribution in [0, 0.1) is 16.7 Å². The van der Waals surface area contributed by atoms with Crippen molar-refractivity contribution < 1.29 is 9.53 Å². The van der Waals surface area contributed by atoms with Crippen LogP contribution in [0.15, 0.2) is 24.3 Å². The number of hydrogen-bond donors (Lipinski definition) is 0. The average Bonchev–Trinajstić information content (AvgIpc) is 2.83. The summed E-state index contributed by atoms with van der Waals surface area (Å²) < 4.78 is 5.36. The van der Waals surface area contributed by atoms with Crippen LogP contribution in [0.5, 0.6) is 0 Å². The molecule has 1 aliphatic heterocycles. The van der Waals surface area contributed by atoms with Crippen LogP contribution >= 0.6 is 0 Å². The van der Waals surface area contributed by atoms with Gasteiger partial charge in [0.2, 0.25) is 0 Å². The number of allylic oxidation sites excluding steroid dienone is 3. The van der Waals surface area contributed by atoms with Gasteiger partial charge >= 0.3 is 5.97 Å². The first-order chi connectivity index (χ1) is 6.79. The van der Waals surface area contributed by atoms with E-state index in [4.69, 9.17) is 4.74 Å². The van der Waals surface area contributed by atoms with Gasteiger partial charge < -0.3 is 4.74 Å². The van der Waals surface area contributed by atoms with Crippen molar-refractivity contribution in [2.24, 2.45) is 16.7 Å². The zero-order valence-electron chi connectivity index (χ0n) is 7.90. The number of rotatable bonds is 0. The van der Waals surface area contributed by atoms with Gasteiger partial charge in [0.25, 0.3) is 0 Å². The van der Waals surface area contributed by atoms with E-state index in [0.29, 0.717) is 0 Å². The molecule has 0 amide bonds. The van der Waals surface area contributed by atoms with E-state index < -0.39 is 0 Å². The Labute approximate surface area is 82.6 Å². The number of carbonyl (C=O) groups excluding carboxylic acids is 1. The molecule has 1 spiro atoms. The maximum Gasteiger partial charge on any atom is 0.311 e. The van der Waals surface area contributed by atoms with Crippen molar-refractivity contribution in [1.82, 2.24) is 0 Å². The first-order valence-electron chi connectivity index (χ1n) is 5.33. The third-order valence-corrected chi connectivity index (χ3v) is 4.69. The van der Waals surface area contributed by atoms with E-state index in [2.05, 4.69) is 24.3 Å². The van der Waals surface area contributed by atoms with Gasteiger partial charge in [-0.1, -0.05) is 18.2 Å². The molecule has 0 N–H and O–H groups in total. The van der Waals surface area contributed by atoms with Gasteiger partial charge in [-0.25, -0.2) is 0 Å². The lowest BCUT2D eigenvalue weighted by Gasteiger charge is -2.32. The monoisotopic (exact) mass is 188 g/mol. The number of fused-ring (bicyclic) bond motifs is 1. The minimum Gasteiger partial charge on any atom is -0.458 e. The second-order valence-electron chi connectivity index (χ2n) is 5.05. The molecular weight excluding hydrogens is 176 g/mol. The average molecular weight is 188 g/mol. The van der Waals surface area contributed by atoms with Crippen molar-refractivity contribution in [1.29, 1.82) is 0 Å². The van der Waals surface area contributed by atoms with Gasteiger partial charge in [0.15, 0.2) is 0 Å². The van der Waals surface area contributed by atoms with Gasteiger partial charge in [0.05, 0.1) is 5.92 Å². The van der Waals surface area contributed by atoms with Crippen molar-refractivity contribution >= 4 is 5.97 Å². The van der Waals surface area contributed by atoms with Gasteiger partial charge in [-0.15, -0.1) is 0 Å². The fourth-order valence-corrected chi connectivity index (χ4v) is 4.06. The minimum absolute atomic E-state index is 0.0509. The molecule has 1 saturated carbocycles. The van der Waals surface area contributed by atoms with Crippen molar-refractivity contribution in [3.05, 3.63) is 24.3 Å². The second kappa shape index (κ2) is 1.83. The molecule has 0 aromatic rings.